The molecule has 0 spiro atoms. The van der Waals surface area contributed by atoms with E-state index in [0.717, 1.165) is 24.8 Å². The van der Waals surface area contributed by atoms with Crippen LogP contribution in [0.2, 0.25) is 0 Å². The number of hydrogen-bond acceptors (Lipinski definition) is 6. The Balaban J connectivity index is 1.61. The quantitative estimate of drug-likeness (QED) is 0.469. The summed E-state index contributed by atoms with van der Waals surface area (Å²) >= 11 is 1.49. The maximum atomic E-state index is 13.1. The second-order valence-electron chi connectivity index (χ2n) is 7.84. The molecule has 2 heterocycles. The molecule has 0 saturated heterocycles. The van der Waals surface area contributed by atoms with Crippen molar-refractivity contribution in [3.05, 3.63) is 73.3 Å². The van der Waals surface area contributed by atoms with Gasteiger partial charge in [-0.2, -0.15) is 9.94 Å². The summed E-state index contributed by atoms with van der Waals surface area (Å²) in [5, 5.41) is 28.2. The maximum Gasteiger partial charge on any atom is 0.390 e. The molecule has 1 amide bonds. The second kappa shape index (κ2) is 8.32. The van der Waals surface area contributed by atoms with Crippen LogP contribution in [-0.4, -0.2) is 20.6 Å². The third kappa shape index (κ3) is 4.07. The number of carbonyl (C=O) groups excluding carboxylic acids is 1. The number of aromatic nitrogens is 2. The molecule has 31 heavy (non-hydrogen) atoms. The van der Waals surface area contributed by atoms with Gasteiger partial charge in [0.25, 0.3) is 5.91 Å². The number of nitriles is 1. The van der Waals surface area contributed by atoms with Crippen molar-refractivity contribution < 1.29 is 9.72 Å². The molecule has 1 atom stereocenters. The predicted octanol–water partition coefficient (Wildman–Crippen LogP) is 4.46. The molecule has 1 N–H and O–H groups in total. The summed E-state index contributed by atoms with van der Waals surface area (Å²) in [5.74, 6) is 0.0397. The first-order valence-corrected chi connectivity index (χ1v) is 10.8. The van der Waals surface area contributed by atoms with Crippen LogP contribution in [0.4, 0.5) is 10.8 Å². The van der Waals surface area contributed by atoms with Crippen molar-refractivity contribution in [1.29, 1.82) is 5.26 Å². The number of thiophene rings is 1. The van der Waals surface area contributed by atoms with Gasteiger partial charge in [0.15, 0.2) is 0 Å². The fraction of sp³-hybridized carbons (Fsp3) is 0.318. The molecular weight excluding hydrogens is 414 g/mol. The summed E-state index contributed by atoms with van der Waals surface area (Å²) < 4.78 is 1.51. The first kappa shape index (κ1) is 20.8. The average Bonchev–Trinajstić information content (AvgIpc) is 3.27. The highest BCUT2D eigenvalue weighted by molar-refractivity contribution is 7.16. The van der Waals surface area contributed by atoms with E-state index in [1.807, 2.05) is 6.07 Å². The van der Waals surface area contributed by atoms with Gasteiger partial charge in [-0.1, -0.05) is 25.1 Å². The number of benzene rings is 1. The van der Waals surface area contributed by atoms with E-state index in [1.54, 1.807) is 25.1 Å². The lowest BCUT2D eigenvalue weighted by atomic mass is 9.88. The van der Waals surface area contributed by atoms with Gasteiger partial charge in [-0.15, -0.1) is 11.3 Å². The first-order valence-electron chi connectivity index (χ1n) is 10.00. The fourth-order valence-electron chi connectivity index (χ4n) is 3.91. The van der Waals surface area contributed by atoms with Crippen LogP contribution in [0.1, 0.15) is 51.0 Å². The lowest BCUT2D eigenvalue weighted by Crippen LogP contribution is -2.16. The number of amides is 1. The molecule has 158 valence electrons. The lowest BCUT2D eigenvalue weighted by Gasteiger charge is -2.17. The van der Waals surface area contributed by atoms with Gasteiger partial charge < -0.3 is 15.4 Å². The third-order valence-corrected chi connectivity index (χ3v) is 6.76. The van der Waals surface area contributed by atoms with E-state index in [9.17, 15) is 20.2 Å². The molecule has 1 aromatic carbocycles. The third-order valence-electron chi connectivity index (χ3n) is 5.59. The van der Waals surface area contributed by atoms with Crippen molar-refractivity contribution >= 4 is 28.1 Å². The van der Waals surface area contributed by atoms with Crippen molar-refractivity contribution in [2.45, 2.75) is 39.7 Å². The van der Waals surface area contributed by atoms with E-state index in [1.165, 1.54) is 27.0 Å². The van der Waals surface area contributed by atoms with Gasteiger partial charge in [-0.25, -0.2) is 0 Å². The number of nitro groups is 1. The van der Waals surface area contributed by atoms with Crippen LogP contribution < -0.4 is 5.32 Å². The predicted molar refractivity (Wildman–Crippen MR) is 117 cm³/mol. The van der Waals surface area contributed by atoms with Gasteiger partial charge >= 0.3 is 5.82 Å². The molecule has 0 saturated carbocycles. The number of anilines is 1. The number of rotatable bonds is 5. The molecule has 9 heteroatoms. The topological polar surface area (TPSA) is 114 Å². The van der Waals surface area contributed by atoms with Crippen LogP contribution in [0.25, 0.3) is 0 Å². The van der Waals surface area contributed by atoms with Crippen molar-refractivity contribution in [2.75, 3.05) is 5.32 Å². The maximum absolute atomic E-state index is 13.1. The van der Waals surface area contributed by atoms with Crippen LogP contribution in [0.3, 0.4) is 0 Å². The number of hydrogen-bond donors (Lipinski definition) is 1. The van der Waals surface area contributed by atoms with E-state index in [-0.39, 0.29) is 18.3 Å². The van der Waals surface area contributed by atoms with Gasteiger partial charge in [0.05, 0.1) is 29.0 Å². The highest BCUT2D eigenvalue weighted by atomic mass is 32.1. The van der Waals surface area contributed by atoms with Crippen LogP contribution >= 0.6 is 11.3 Å². The van der Waals surface area contributed by atoms with E-state index in [2.05, 4.69) is 23.4 Å². The standard InChI is InChI=1S/C22H21N5O3S/c1-13-7-8-17-18(11-23)22(31-19(17)9-13)24-21(28)16-6-4-3-5-15(16)12-26-14(2)10-20(25-26)27(29)30/h3-6,10,13H,7-9,12H2,1-2H3,(H,24,28)/t13-/m1/s1. The Morgan fingerprint density at radius 2 is 2.23 bits per heavy atom. The van der Waals surface area contributed by atoms with Crippen molar-refractivity contribution in [2.24, 2.45) is 5.92 Å². The molecule has 0 radical (unpaired) electrons. The number of nitrogens with zero attached hydrogens (tertiary/aromatic N) is 4. The molecule has 2 aromatic heterocycles. The second-order valence-corrected chi connectivity index (χ2v) is 8.94. The lowest BCUT2D eigenvalue weighted by molar-refractivity contribution is -0.389. The zero-order chi connectivity index (χ0) is 22.1. The number of carbonyl (C=O) groups is 1. The molecule has 8 nitrogen and oxygen atoms in total. The van der Waals surface area contributed by atoms with Crippen LogP contribution in [0, 0.1) is 34.3 Å². The van der Waals surface area contributed by atoms with Gasteiger partial charge in [0.1, 0.15) is 11.1 Å². The molecule has 3 aromatic rings. The number of aryl methyl sites for hydroxylation is 1. The molecule has 0 aliphatic heterocycles. The molecule has 1 aliphatic rings. The summed E-state index contributed by atoms with van der Waals surface area (Å²) in [4.78, 5) is 24.8. The van der Waals surface area contributed by atoms with Crippen molar-refractivity contribution in [1.82, 2.24) is 9.78 Å². The van der Waals surface area contributed by atoms with E-state index >= 15 is 0 Å². The molecule has 0 fully saturated rings. The SMILES string of the molecule is Cc1cc([N+](=O)[O-])nn1Cc1ccccc1C(=O)Nc1sc2c(c1C#N)CC[C@@H](C)C2. The summed E-state index contributed by atoms with van der Waals surface area (Å²) in [7, 11) is 0. The largest absolute Gasteiger partial charge is 0.390 e. The van der Waals surface area contributed by atoms with Crippen molar-refractivity contribution in [3.8, 4) is 6.07 Å². The van der Waals surface area contributed by atoms with Crippen LogP contribution in [-0.2, 0) is 19.4 Å². The Morgan fingerprint density at radius 3 is 2.94 bits per heavy atom. The minimum atomic E-state index is -0.537. The van der Waals surface area contributed by atoms with E-state index in [4.69, 9.17) is 0 Å². The molecule has 0 unspecified atom stereocenters. The van der Waals surface area contributed by atoms with Gasteiger partial charge in [0, 0.05) is 10.4 Å². The van der Waals surface area contributed by atoms with Crippen molar-refractivity contribution in [3.63, 3.8) is 0 Å². The van der Waals surface area contributed by atoms with Crippen LogP contribution in [0.15, 0.2) is 30.3 Å². The Hall–Kier alpha value is -3.51. The van der Waals surface area contributed by atoms with Gasteiger partial charge in [0.2, 0.25) is 0 Å². The summed E-state index contributed by atoms with van der Waals surface area (Å²) in [6.07, 6.45) is 2.84. The smallest absolute Gasteiger partial charge is 0.358 e. The number of nitrogens with one attached hydrogen (secondary N) is 1. The van der Waals surface area contributed by atoms with Crippen LogP contribution in [0.5, 0.6) is 0 Å². The Kier molecular flexibility index (Phi) is 5.57. The van der Waals surface area contributed by atoms with E-state index < -0.39 is 4.92 Å². The molecule has 4 rings (SSSR count). The number of fused-ring (bicyclic) bond motifs is 1. The first-order chi connectivity index (χ1) is 14.9. The highest BCUT2D eigenvalue weighted by Crippen LogP contribution is 2.39. The van der Waals surface area contributed by atoms with Gasteiger partial charge in [-0.3, -0.25) is 4.79 Å². The minimum Gasteiger partial charge on any atom is -0.358 e. The molecular formula is C22H21N5O3S. The minimum absolute atomic E-state index is 0.225. The molecule has 0 bridgehead atoms. The van der Waals surface area contributed by atoms with E-state index in [0.29, 0.717) is 33.3 Å². The average molecular weight is 436 g/mol. The summed E-state index contributed by atoms with van der Waals surface area (Å²) in [6.45, 7) is 4.16. The summed E-state index contributed by atoms with van der Waals surface area (Å²) in [6, 6.07) is 10.8. The Bertz CT molecular complexity index is 1220. The highest BCUT2D eigenvalue weighted by Gasteiger charge is 2.25. The summed E-state index contributed by atoms with van der Waals surface area (Å²) in [5.41, 5.74) is 3.40. The monoisotopic (exact) mass is 435 g/mol. The Morgan fingerprint density at radius 1 is 1.45 bits per heavy atom. The van der Waals surface area contributed by atoms with Gasteiger partial charge in [-0.05, 0) is 54.2 Å². The Labute approximate surface area is 183 Å². The molecule has 1 aliphatic carbocycles. The zero-order valence-electron chi connectivity index (χ0n) is 17.2. The normalized spacial score (nSPS) is 15.2. The zero-order valence-corrected chi connectivity index (χ0v) is 18.0. The fourth-order valence-corrected chi connectivity index (χ4v) is 5.27.